The van der Waals surface area contributed by atoms with Crippen LogP contribution in [0, 0.1) is 0 Å². The molecule has 0 radical (unpaired) electrons. The van der Waals surface area contributed by atoms with Crippen LogP contribution in [0.2, 0.25) is 0 Å². The molecule has 0 aliphatic rings. The second kappa shape index (κ2) is 8.67. The van der Waals surface area contributed by atoms with Crippen molar-refractivity contribution in [2.24, 2.45) is 0 Å². The molecule has 0 aliphatic carbocycles. The summed E-state index contributed by atoms with van der Waals surface area (Å²) in [7, 11) is 0. The molecule has 2 aromatic carbocycles. The number of benzene rings is 2. The van der Waals surface area contributed by atoms with Crippen molar-refractivity contribution in [1.29, 1.82) is 0 Å². The summed E-state index contributed by atoms with van der Waals surface area (Å²) >= 11 is 0. The van der Waals surface area contributed by atoms with Crippen LogP contribution in [-0.4, -0.2) is 31.6 Å². The van der Waals surface area contributed by atoms with Gasteiger partial charge in [0.15, 0.2) is 0 Å². The van der Waals surface area contributed by atoms with Crippen LogP contribution in [0.4, 0.5) is 13.2 Å². The minimum atomic E-state index is -4.48. The van der Waals surface area contributed by atoms with Gasteiger partial charge in [-0.1, -0.05) is 18.2 Å². The van der Waals surface area contributed by atoms with E-state index in [1.807, 2.05) is 0 Å². The van der Waals surface area contributed by atoms with Crippen LogP contribution < -0.4 is 18.9 Å². The van der Waals surface area contributed by atoms with Gasteiger partial charge in [-0.15, -0.1) is 0 Å². The summed E-state index contributed by atoms with van der Waals surface area (Å²) in [5.41, 5.74) is 0.719. The molecule has 6 nitrogen and oxygen atoms in total. The second-order valence-corrected chi connectivity index (χ2v) is 5.79. The monoisotopic (exact) mass is 398 g/mol. The predicted octanol–water partition coefficient (Wildman–Crippen LogP) is 0.898. The number of pyridine rings is 1. The van der Waals surface area contributed by atoms with E-state index in [1.165, 1.54) is 18.5 Å². The Balaban J connectivity index is 0.00000140. The number of alkyl halides is 3. The number of halogens is 3. The minimum absolute atomic E-state index is 0. The molecule has 0 atom stereocenters. The van der Waals surface area contributed by atoms with Gasteiger partial charge < -0.3 is 20.6 Å². The van der Waals surface area contributed by atoms with Crippen molar-refractivity contribution in [3.8, 4) is 5.69 Å². The molecule has 2 heterocycles. The summed E-state index contributed by atoms with van der Waals surface area (Å²) in [4.78, 5) is 15.6. The Morgan fingerprint density at radius 3 is 2.38 bits per heavy atom. The molecule has 0 fully saturated rings. The van der Waals surface area contributed by atoms with Gasteiger partial charge in [-0.25, -0.2) is 4.79 Å². The quantitative estimate of drug-likeness (QED) is 0.505. The number of hydrogen-bond acceptors (Lipinski definition) is 3. The van der Waals surface area contributed by atoms with Crippen molar-refractivity contribution < 1.29 is 52.9 Å². The van der Waals surface area contributed by atoms with E-state index < -0.39 is 17.7 Å². The molecule has 0 unspecified atom stereocenters. The Kier molecular flexibility index (Phi) is 7.24. The fraction of sp³-hybridized carbons (Fsp3) is 0.0526. The normalized spacial score (nSPS) is 10.7. The summed E-state index contributed by atoms with van der Waals surface area (Å²) in [5, 5.41) is 10.2. The molecule has 0 amide bonds. The zero-order chi connectivity index (χ0) is 18.5. The molecule has 0 bridgehead atoms. The van der Waals surface area contributed by atoms with Crippen LogP contribution in [-0.2, 0) is 6.18 Å². The minimum Gasteiger partial charge on any atom is -0.870 e. The van der Waals surface area contributed by atoms with E-state index in [-0.39, 0.29) is 35.4 Å². The maximum atomic E-state index is 13.1. The molecule has 0 spiro atoms. The Bertz CT molecular complexity index is 1180. The summed E-state index contributed by atoms with van der Waals surface area (Å²) in [6.07, 6.45) is -1.57. The average Bonchev–Trinajstić information content (AvgIpc) is 3.00. The van der Waals surface area contributed by atoms with Gasteiger partial charge in [0.05, 0.1) is 27.8 Å². The van der Waals surface area contributed by atoms with Crippen LogP contribution in [0.25, 0.3) is 27.5 Å². The van der Waals surface area contributed by atoms with Gasteiger partial charge in [0.2, 0.25) is 0 Å². The molecule has 2 aromatic heterocycles. The van der Waals surface area contributed by atoms with Gasteiger partial charge in [0.25, 0.3) is 0 Å². The van der Waals surface area contributed by atoms with Crippen LogP contribution in [0.15, 0.2) is 60.9 Å². The number of carbonyl (C=O) groups is 1. The van der Waals surface area contributed by atoms with E-state index in [0.29, 0.717) is 27.5 Å². The molecule has 0 saturated heterocycles. The van der Waals surface area contributed by atoms with Crippen molar-refractivity contribution in [3.05, 3.63) is 72.1 Å². The largest absolute Gasteiger partial charge is 1.00 e. The van der Waals surface area contributed by atoms with Gasteiger partial charge in [0.1, 0.15) is 0 Å². The standard InChI is InChI=1S/C19H11F3N2O2.Li.2H2O/c20-19(21,22)11-5-6-15-13(9-11)17(7-8-23-15)24-10-14(18(25)26)12-3-1-2-4-16(12)24;;;/h1-10H,(H,25,26);;2*1H2/q;+1;;/p-1. The van der Waals surface area contributed by atoms with Crippen LogP contribution in [0.1, 0.15) is 15.9 Å². The molecule has 146 valence electrons. The van der Waals surface area contributed by atoms with Crippen LogP contribution in [0.3, 0.4) is 0 Å². The Morgan fingerprint density at radius 1 is 1.03 bits per heavy atom. The summed E-state index contributed by atoms with van der Waals surface area (Å²) < 4.78 is 40.9. The Labute approximate surface area is 174 Å². The number of aromatic nitrogens is 2. The van der Waals surface area contributed by atoms with E-state index in [1.54, 1.807) is 34.9 Å². The van der Waals surface area contributed by atoms with Crippen molar-refractivity contribution in [2.75, 3.05) is 0 Å². The number of nitrogens with zero attached hydrogens (tertiary/aromatic N) is 2. The second-order valence-electron chi connectivity index (χ2n) is 5.79. The number of para-hydroxylation sites is 1. The Hall–Kier alpha value is -2.83. The number of hydrogen-bond donors (Lipinski definition) is 1. The molecule has 29 heavy (non-hydrogen) atoms. The zero-order valence-electron chi connectivity index (χ0n) is 15.1. The summed E-state index contributed by atoms with van der Waals surface area (Å²) in [6, 6.07) is 11.7. The zero-order valence-corrected chi connectivity index (χ0v) is 15.1. The van der Waals surface area contributed by atoms with Gasteiger partial charge in [-0.3, -0.25) is 4.98 Å². The third kappa shape index (κ3) is 4.13. The number of aromatic carboxylic acids is 1. The van der Waals surface area contributed by atoms with Crippen molar-refractivity contribution >= 4 is 27.8 Å². The third-order valence-electron chi connectivity index (χ3n) is 4.25. The van der Waals surface area contributed by atoms with E-state index in [0.717, 1.165) is 12.1 Å². The number of fused-ring (bicyclic) bond motifs is 2. The van der Waals surface area contributed by atoms with Crippen molar-refractivity contribution in [3.63, 3.8) is 0 Å². The SMILES string of the molecule is O.O=C(O)c1cn(-c2ccnc3ccc(C(F)(F)F)cc23)c2ccccc12.[Li+].[OH-]. The third-order valence-corrected chi connectivity index (χ3v) is 4.25. The maximum absolute atomic E-state index is 13.1. The number of carboxylic acids is 1. The fourth-order valence-corrected chi connectivity index (χ4v) is 3.07. The smallest absolute Gasteiger partial charge is 0.870 e. The number of carboxylic acid groups (broad SMARTS) is 1. The average molecular weight is 398 g/mol. The summed E-state index contributed by atoms with van der Waals surface area (Å²) in [6.45, 7) is 0. The topological polar surface area (TPSA) is 117 Å². The first-order valence-corrected chi connectivity index (χ1v) is 7.66. The van der Waals surface area contributed by atoms with Gasteiger partial charge in [-0.05, 0) is 30.3 Å². The summed E-state index contributed by atoms with van der Waals surface area (Å²) in [5.74, 6) is -1.10. The van der Waals surface area contributed by atoms with Gasteiger partial charge >= 0.3 is 31.0 Å². The van der Waals surface area contributed by atoms with Crippen molar-refractivity contribution in [1.82, 2.24) is 9.55 Å². The molecular weight excluding hydrogens is 384 g/mol. The molecular formula is C19H14F3LiN2O4. The molecule has 4 aromatic rings. The maximum Gasteiger partial charge on any atom is 1.00 e. The van der Waals surface area contributed by atoms with Crippen LogP contribution in [0.5, 0.6) is 0 Å². The van der Waals surface area contributed by atoms with E-state index in [9.17, 15) is 23.1 Å². The molecule has 10 heteroatoms. The predicted molar refractivity (Wildman–Crippen MR) is 96.1 cm³/mol. The van der Waals surface area contributed by atoms with Gasteiger partial charge in [-0.2, -0.15) is 13.2 Å². The molecule has 0 saturated carbocycles. The van der Waals surface area contributed by atoms with Gasteiger partial charge in [0, 0.05) is 23.2 Å². The first-order chi connectivity index (χ1) is 12.4. The first kappa shape index (κ1) is 24.2. The van der Waals surface area contributed by atoms with Crippen LogP contribution >= 0.6 is 0 Å². The molecule has 4 N–H and O–H groups in total. The fourth-order valence-electron chi connectivity index (χ4n) is 3.07. The van der Waals surface area contributed by atoms with E-state index >= 15 is 0 Å². The first-order valence-electron chi connectivity index (χ1n) is 7.66. The molecule has 4 rings (SSSR count). The number of rotatable bonds is 2. The van der Waals surface area contributed by atoms with Crippen molar-refractivity contribution in [2.45, 2.75) is 6.18 Å². The Morgan fingerprint density at radius 2 is 1.72 bits per heavy atom. The van der Waals surface area contributed by atoms with E-state index in [4.69, 9.17) is 0 Å². The van der Waals surface area contributed by atoms with E-state index in [2.05, 4.69) is 4.98 Å². The molecule has 0 aliphatic heterocycles.